The number of benzene rings is 2. The van der Waals surface area contributed by atoms with Gasteiger partial charge in [-0.3, -0.25) is 0 Å². The molecule has 1 nitrogen and oxygen atoms in total. The molecule has 0 atom stereocenters. The molecule has 0 aromatic heterocycles. The summed E-state index contributed by atoms with van der Waals surface area (Å²) in [6.45, 7) is 2.05. The average molecular weight is 251 g/mol. The van der Waals surface area contributed by atoms with E-state index in [1.165, 1.54) is 17.3 Å². The molecular weight excluding hydrogens is 240 g/mol. The minimum atomic E-state index is 0.221. The predicted octanol–water partition coefficient (Wildman–Crippen LogP) is 4.51. The van der Waals surface area contributed by atoms with Gasteiger partial charge in [-0.2, -0.15) is 0 Å². The van der Waals surface area contributed by atoms with Crippen molar-refractivity contribution in [3.63, 3.8) is 0 Å². The summed E-state index contributed by atoms with van der Waals surface area (Å²) in [5.41, 5.74) is 1.21. The molecule has 0 amide bonds. The Morgan fingerprint density at radius 1 is 1.12 bits per heavy atom. The molecule has 0 aliphatic heterocycles. The molecule has 0 bridgehead atoms. The molecule has 0 aliphatic carbocycles. The highest BCUT2D eigenvalue weighted by atomic mass is 35.5. The SMILES string of the molecule is Cc1cccc(Sc2ccc(Cl)cc2O)c1. The normalized spacial score (nSPS) is 10.4. The highest BCUT2D eigenvalue weighted by Gasteiger charge is 2.04. The zero-order valence-electron chi connectivity index (χ0n) is 8.77. The van der Waals surface area contributed by atoms with Crippen LogP contribution in [0, 0.1) is 6.92 Å². The van der Waals surface area contributed by atoms with Crippen molar-refractivity contribution in [1.82, 2.24) is 0 Å². The van der Waals surface area contributed by atoms with Gasteiger partial charge in [-0.05, 0) is 37.3 Å². The summed E-state index contributed by atoms with van der Waals surface area (Å²) in [6.07, 6.45) is 0. The van der Waals surface area contributed by atoms with E-state index >= 15 is 0 Å². The summed E-state index contributed by atoms with van der Waals surface area (Å²) >= 11 is 7.30. The smallest absolute Gasteiger partial charge is 0.130 e. The third kappa shape index (κ3) is 2.71. The van der Waals surface area contributed by atoms with Crippen molar-refractivity contribution < 1.29 is 5.11 Å². The van der Waals surface area contributed by atoms with E-state index in [1.54, 1.807) is 12.1 Å². The van der Waals surface area contributed by atoms with Gasteiger partial charge in [0.15, 0.2) is 0 Å². The zero-order chi connectivity index (χ0) is 11.5. The Labute approximate surface area is 104 Å². The van der Waals surface area contributed by atoms with E-state index in [2.05, 4.69) is 6.07 Å². The molecule has 0 radical (unpaired) electrons. The second kappa shape index (κ2) is 4.81. The largest absolute Gasteiger partial charge is 0.507 e. The van der Waals surface area contributed by atoms with Crippen molar-refractivity contribution in [2.75, 3.05) is 0 Å². The van der Waals surface area contributed by atoms with Crippen molar-refractivity contribution in [2.24, 2.45) is 0 Å². The maximum Gasteiger partial charge on any atom is 0.130 e. The Balaban J connectivity index is 2.27. The lowest BCUT2D eigenvalue weighted by molar-refractivity contribution is 0.462. The zero-order valence-corrected chi connectivity index (χ0v) is 10.3. The Bertz CT molecular complexity index is 511. The molecule has 16 heavy (non-hydrogen) atoms. The van der Waals surface area contributed by atoms with Crippen LogP contribution in [-0.2, 0) is 0 Å². The maximum atomic E-state index is 9.72. The van der Waals surface area contributed by atoms with Gasteiger partial charge >= 0.3 is 0 Å². The first-order chi connectivity index (χ1) is 7.65. The van der Waals surface area contributed by atoms with Crippen LogP contribution in [0.1, 0.15) is 5.56 Å². The highest BCUT2D eigenvalue weighted by molar-refractivity contribution is 7.99. The maximum absolute atomic E-state index is 9.72. The van der Waals surface area contributed by atoms with E-state index < -0.39 is 0 Å². The molecule has 82 valence electrons. The lowest BCUT2D eigenvalue weighted by atomic mass is 10.2. The number of hydrogen-bond donors (Lipinski definition) is 1. The summed E-state index contributed by atoms with van der Waals surface area (Å²) in [5.74, 6) is 0.221. The first-order valence-electron chi connectivity index (χ1n) is 4.88. The Morgan fingerprint density at radius 2 is 1.94 bits per heavy atom. The third-order valence-corrected chi connectivity index (χ3v) is 3.43. The number of aryl methyl sites for hydroxylation is 1. The quantitative estimate of drug-likeness (QED) is 0.847. The van der Waals surface area contributed by atoms with Gasteiger partial charge in [0.1, 0.15) is 5.75 Å². The third-order valence-electron chi connectivity index (χ3n) is 2.14. The number of hydrogen-bond acceptors (Lipinski definition) is 2. The van der Waals surface area contributed by atoms with Crippen molar-refractivity contribution in [3.8, 4) is 5.75 Å². The van der Waals surface area contributed by atoms with Gasteiger partial charge in [0.25, 0.3) is 0 Å². The van der Waals surface area contributed by atoms with Crippen molar-refractivity contribution in [1.29, 1.82) is 0 Å². The summed E-state index contributed by atoms with van der Waals surface area (Å²) in [7, 11) is 0. The number of halogens is 1. The monoisotopic (exact) mass is 250 g/mol. The fraction of sp³-hybridized carbons (Fsp3) is 0.0769. The van der Waals surface area contributed by atoms with Crippen LogP contribution in [0.5, 0.6) is 5.75 Å². The number of aromatic hydroxyl groups is 1. The molecule has 0 aliphatic rings. The Kier molecular flexibility index (Phi) is 3.42. The van der Waals surface area contributed by atoms with E-state index in [1.807, 2.05) is 31.2 Å². The van der Waals surface area contributed by atoms with Gasteiger partial charge in [-0.15, -0.1) is 0 Å². The molecule has 0 unspecified atom stereocenters. The van der Waals surface area contributed by atoms with Gasteiger partial charge in [-0.25, -0.2) is 0 Å². The van der Waals surface area contributed by atoms with Crippen molar-refractivity contribution >= 4 is 23.4 Å². The standard InChI is InChI=1S/C13H11ClOS/c1-9-3-2-4-11(7-9)16-13-6-5-10(14)8-12(13)15/h2-8,15H,1H3. The van der Waals surface area contributed by atoms with E-state index in [-0.39, 0.29) is 5.75 Å². The summed E-state index contributed by atoms with van der Waals surface area (Å²) in [4.78, 5) is 1.92. The van der Waals surface area contributed by atoms with Crippen molar-refractivity contribution in [3.05, 3.63) is 53.1 Å². The summed E-state index contributed by atoms with van der Waals surface area (Å²) < 4.78 is 0. The topological polar surface area (TPSA) is 20.2 Å². The Hall–Kier alpha value is -1.12. The second-order valence-electron chi connectivity index (χ2n) is 3.53. The number of phenols is 1. The molecule has 0 saturated heterocycles. The van der Waals surface area contributed by atoms with Crippen LogP contribution in [0.3, 0.4) is 0 Å². The lowest BCUT2D eigenvalue weighted by Gasteiger charge is -2.05. The molecule has 0 heterocycles. The number of rotatable bonds is 2. The van der Waals surface area contributed by atoms with E-state index in [4.69, 9.17) is 11.6 Å². The molecule has 0 fully saturated rings. The van der Waals surface area contributed by atoms with Crippen LogP contribution in [-0.4, -0.2) is 5.11 Å². The molecule has 0 spiro atoms. The van der Waals surface area contributed by atoms with Gasteiger partial charge in [0.2, 0.25) is 0 Å². The van der Waals surface area contributed by atoms with Crippen LogP contribution in [0.2, 0.25) is 5.02 Å². The lowest BCUT2D eigenvalue weighted by Crippen LogP contribution is -1.77. The van der Waals surface area contributed by atoms with E-state index in [9.17, 15) is 5.11 Å². The minimum Gasteiger partial charge on any atom is -0.507 e. The molecule has 2 aromatic rings. The number of phenolic OH excluding ortho intramolecular Hbond substituents is 1. The van der Waals surface area contributed by atoms with E-state index in [0.717, 1.165) is 9.79 Å². The van der Waals surface area contributed by atoms with Gasteiger partial charge < -0.3 is 5.11 Å². The van der Waals surface area contributed by atoms with Crippen molar-refractivity contribution in [2.45, 2.75) is 16.7 Å². The van der Waals surface area contributed by atoms with Gasteiger partial charge in [-0.1, -0.05) is 41.1 Å². The summed E-state index contributed by atoms with van der Waals surface area (Å²) in [6, 6.07) is 13.3. The first kappa shape index (κ1) is 11.4. The minimum absolute atomic E-state index is 0.221. The molecule has 3 heteroatoms. The second-order valence-corrected chi connectivity index (χ2v) is 5.08. The van der Waals surface area contributed by atoms with Crippen LogP contribution in [0.25, 0.3) is 0 Å². The fourth-order valence-corrected chi connectivity index (χ4v) is 2.49. The van der Waals surface area contributed by atoms with Crippen LogP contribution in [0.4, 0.5) is 0 Å². The predicted molar refractivity (Wildman–Crippen MR) is 68.4 cm³/mol. The molecule has 1 N–H and O–H groups in total. The highest BCUT2D eigenvalue weighted by Crippen LogP contribution is 2.35. The molecular formula is C13H11ClOS. The van der Waals surface area contributed by atoms with E-state index in [0.29, 0.717) is 5.02 Å². The molecule has 0 saturated carbocycles. The first-order valence-corrected chi connectivity index (χ1v) is 6.07. The average Bonchev–Trinajstić information content (AvgIpc) is 2.22. The summed E-state index contributed by atoms with van der Waals surface area (Å²) in [5, 5.41) is 10.3. The van der Waals surface area contributed by atoms with Crippen LogP contribution < -0.4 is 0 Å². The molecule has 2 rings (SSSR count). The Morgan fingerprint density at radius 3 is 2.62 bits per heavy atom. The van der Waals surface area contributed by atoms with Gasteiger partial charge in [0, 0.05) is 9.92 Å². The van der Waals surface area contributed by atoms with Crippen LogP contribution >= 0.6 is 23.4 Å². The molecule has 2 aromatic carbocycles. The fourth-order valence-electron chi connectivity index (χ4n) is 1.38. The van der Waals surface area contributed by atoms with Gasteiger partial charge in [0.05, 0.1) is 4.90 Å². The van der Waals surface area contributed by atoms with Crippen LogP contribution in [0.15, 0.2) is 52.3 Å².